The third-order valence-electron chi connectivity index (χ3n) is 5.14. The number of rotatable bonds is 2. The molecule has 2 nitrogen and oxygen atoms in total. The van der Waals surface area contributed by atoms with Crippen molar-refractivity contribution in [3.05, 3.63) is 88.4 Å². The summed E-state index contributed by atoms with van der Waals surface area (Å²) in [6.07, 6.45) is 0.435. The van der Waals surface area contributed by atoms with E-state index in [1.807, 2.05) is 12.1 Å². The maximum absolute atomic E-state index is 13.3. The van der Waals surface area contributed by atoms with E-state index in [0.717, 1.165) is 21.7 Å². The van der Waals surface area contributed by atoms with E-state index in [9.17, 15) is 9.18 Å². The highest BCUT2D eigenvalue weighted by Gasteiger charge is 2.31. The molecule has 0 spiro atoms. The molecule has 1 aliphatic rings. The largest absolute Gasteiger partial charge is 0.325 e. The summed E-state index contributed by atoms with van der Waals surface area (Å²) < 4.78 is 13.3. The van der Waals surface area contributed by atoms with Gasteiger partial charge < -0.3 is 5.32 Å². The second kappa shape index (κ2) is 6.32. The van der Waals surface area contributed by atoms with Crippen molar-refractivity contribution in [2.45, 2.75) is 12.3 Å². The van der Waals surface area contributed by atoms with Crippen molar-refractivity contribution >= 4 is 33.7 Å². The first-order valence-corrected chi connectivity index (χ1v) is 9.73. The molecule has 0 fully saturated rings. The molecular weight excluding hydrogens is 357 g/mol. The predicted octanol–water partition coefficient (Wildman–Crippen LogP) is 6.18. The highest BCUT2D eigenvalue weighted by atomic mass is 32.1. The minimum atomic E-state index is -0.263. The summed E-state index contributed by atoms with van der Waals surface area (Å²) in [5.41, 5.74) is 3.90. The molecule has 0 bridgehead atoms. The number of benzene rings is 3. The van der Waals surface area contributed by atoms with Crippen LogP contribution >= 0.6 is 11.3 Å². The molecule has 0 aliphatic carbocycles. The van der Waals surface area contributed by atoms with Crippen LogP contribution in [0.2, 0.25) is 0 Å². The van der Waals surface area contributed by atoms with Gasteiger partial charge in [-0.25, -0.2) is 4.39 Å². The molecule has 0 saturated carbocycles. The summed E-state index contributed by atoms with van der Waals surface area (Å²) in [4.78, 5) is 13.7. The number of fused-ring (bicyclic) bond motifs is 2. The van der Waals surface area contributed by atoms with Gasteiger partial charge in [-0.05, 0) is 34.0 Å². The second-order valence-electron chi connectivity index (χ2n) is 6.77. The molecule has 0 radical (unpaired) electrons. The van der Waals surface area contributed by atoms with Gasteiger partial charge in [-0.2, -0.15) is 0 Å². The molecule has 4 aromatic rings. The molecule has 4 heteroatoms. The standard InChI is InChI=1S/C23H16FNOS/c24-16-10-8-15(9-11-16)20-13-27-23-19(12-21(26)25-22(20)23)18-7-3-5-14-4-1-2-6-17(14)18/h1-11,13,19H,12H2,(H,25,26)/t19-/m0/s1. The van der Waals surface area contributed by atoms with Gasteiger partial charge in [0.1, 0.15) is 5.82 Å². The molecular formula is C23H16FNOS. The van der Waals surface area contributed by atoms with Gasteiger partial charge in [-0.1, -0.05) is 54.6 Å². The summed E-state index contributed by atoms with van der Waals surface area (Å²) in [6.45, 7) is 0. The fourth-order valence-corrected chi connectivity index (χ4v) is 5.03. The number of carbonyl (C=O) groups excluding carboxylic acids is 1. The van der Waals surface area contributed by atoms with E-state index in [4.69, 9.17) is 0 Å². The van der Waals surface area contributed by atoms with E-state index < -0.39 is 0 Å². The topological polar surface area (TPSA) is 29.1 Å². The Balaban J connectivity index is 1.67. The summed E-state index contributed by atoms with van der Waals surface area (Å²) in [5, 5.41) is 7.47. The molecule has 1 aromatic heterocycles. The lowest BCUT2D eigenvalue weighted by Gasteiger charge is -2.25. The van der Waals surface area contributed by atoms with Crippen LogP contribution in [-0.4, -0.2) is 5.91 Å². The molecule has 3 aromatic carbocycles. The van der Waals surface area contributed by atoms with Crippen molar-refractivity contribution in [3.8, 4) is 11.1 Å². The zero-order chi connectivity index (χ0) is 18.4. The number of halogens is 1. The molecule has 0 saturated heterocycles. The van der Waals surface area contributed by atoms with Crippen LogP contribution in [0.4, 0.5) is 10.1 Å². The van der Waals surface area contributed by atoms with E-state index in [1.165, 1.54) is 28.5 Å². The third-order valence-corrected chi connectivity index (χ3v) is 6.24. The SMILES string of the molecule is O=C1C[C@@H](c2cccc3ccccc23)c2scc(-c3ccc(F)cc3)c2N1. The lowest BCUT2D eigenvalue weighted by atomic mass is 9.86. The third kappa shape index (κ3) is 2.73. The van der Waals surface area contributed by atoms with E-state index in [-0.39, 0.29) is 17.6 Å². The number of carbonyl (C=O) groups is 1. The summed E-state index contributed by atoms with van der Waals surface area (Å²) in [7, 11) is 0. The normalized spacial score (nSPS) is 16.2. The van der Waals surface area contributed by atoms with Crippen LogP contribution in [0.1, 0.15) is 22.8 Å². The van der Waals surface area contributed by atoms with Gasteiger partial charge in [0.25, 0.3) is 0 Å². The molecule has 1 N–H and O–H groups in total. The Hall–Kier alpha value is -2.98. The minimum Gasteiger partial charge on any atom is -0.325 e. The van der Waals surface area contributed by atoms with Crippen LogP contribution in [0, 0.1) is 5.82 Å². The van der Waals surface area contributed by atoms with Crippen molar-refractivity contribution in [1.82, 2.24) is 0 Å². The van der Waals surface area contributed by atoms with Crippen LogP contribution in [0.5, 0.6) is 0 Å². The molecule has 2 heterocycles. The van der Waals surface area contributed by atoms with Crippen molar-refractivity contribution in [3.63, 3.8) is 0 Å². The van der Waals surface area contributed by atoms with Crippen molar-refractivity contribution < 1.29 is 9.18 Å². The maximum Gasteiger partial charge on any atom is 0.225 e. The van der Waals surface area contributed by atoms with Crippen molar-refractivity contribution in [1.29, 1.82) is 0 Å². The number of amides is 1. The maximum atomic E-state index is 13.3. The zero-order valence-corrected chi connectivity index (χ0v) is 15.2. The number of hydrogen-bond acceptors (Lipinski definition) is 2. The van der Waals surface area contributed by atoms with Gasteiger partial charge in [0.05, 0.1) is 5.69 Å². The molecule has 5 rings (SSSR count). The quantitative estimate of drug-likeness (QED) is 0.446. The summed E-state index contributed by atoms with van der Waals surface area (Å²) in [6, 6.07) is 21.0. The summed E-state index contributed by atoms with van der Waals surface area (Å²) in [5.74, 6) is -0.221. The van der Waals surface area contributed by atoms with Gasteiger partial charge in [-0.3, -0.25) is 4.79 Å². The highest BCUT2D eigenvalue weighted by molar-refractivity contribution is 7.11. The Labute approximate surface area is 160 Å². The fraction of sp³-hybridized carbons (Fsp3) is 0.0870. The van der Waals surface area contributed by atoms with Crippen molar-refractivity contribution in [2.24, 2.45) is 0 Å². The Morgan fingerprint density at radius 2 is 1.74 bits per heavy atom. The average Bonchev–Trinajstić information content (AvgIpc) is 3.11. The first-order chi connectivity index (χ1) is 13.2. The first-order valence-electron chi connectivity index (χ1n) is 8.85. The summed E-state index contributed by atoms with van der Waals surface area (Å²) >= 11 is 1.66. The minimum absolute atomic E-state index is 0.0159. The smallest absolute Gasteiger partial charge is 0.225 e. The van der Waals surface area contributed by atoms with Crippen LogP contribution < -0.4 is 5.32 Å². The molecule has 1 aliphatic heterocycles. The number of hydrogen-bond donors (Lipinski definition) is 1. The Bertz CT molecular complexity index is 1160. The fourth-order valence-electron chi connectivity index (χ4n) is 3.87. The monoisotopic (exact) mass is 373 g/mol. The van der Waals surface area contributed by atoms with Crippen LogP contribution in [0.15, 0.2) is 72.1 Å². The predicted molar refractivity (Wildman–Crippen MR) is 109 cm³/mol. The van der Waals surface area contributed by atoms with Gasteiger partial charge in [-0.15, -0.1) is 11.3 Å². The number of nitrogens with one attached hydrogen (secondary N) is 1. The van der Waals surface area contributed by atoms with E-state index >= 15 is 0 Å². The van der Waals surface area contributed by atoms with E-state index in [2.05, 4.69) is 41.0 Å². The average molecular weight is 373 g/mol. The van der Waals surface area contributed by atoms with Gasteiger partial charge in [0.15, 0.2) is 0 Å². The molecule has 1 amide bonds. The second-order valence-corrected chi connectivity index (χ2v) is 7.68. The highest BCUT2D eigenvalue weighted by Crippen LogP contribution is 2.47. The van der Waals surface area contributed by atoms with Gasteiger partial charge in [0.2, 0.25) is 5.91 Å². The molecule has 27 heavy (non-hydrogen) atoms. The first kappa shape index (κ1) is 16.2. The Morgan fingerprint density at radius 1 is 0.963 bits per heavy atom. The number of thiophene rings is 1. The Kier molecular flexibility index (Phi) is 3.80. The van der Waals surface area contributed by atoms with E-state index in [1.54, 1.807) is 23.5 Å². The zero-order valence-electron chi connectivity index (χ0n) is 14.4. The van der Waals surface area contributed by atoms with Crippen molar-refractivity contribution in [2.75, 3.05) is 5.32 Å². The number of anilines is 1. The van der Waals surface area contributed by atoms with Gasteiger partial charge >= 0.3 is 0 Å². The molecule has 132 valence electrons. The van der Waals surface area contributed by atoms with Crippen LogP contribution in [0.3, 0.4) is 0 Å². The lowest BCUT2D eigenvalue weighted by Crippen LogP contribution is -2.22. The molecule has 0 unspecified atom stereocenters. The van der Waals surface area contributed by atoms with Crippen LogP contribution in [-0.2, 0) is 4.79 Å². The van der Waals surface area contributed by atoms with E-state index in [0.29, 0.717) is 6.42 Å². The Morgan fingerprint density at radius 3 is 2.59 bits per heavy atom. The van der Waals surface area contributed by atoms with Gasteiger partial charge in [0, 0.05) is 28.2 Å². The molecule has 1 atom stereocenters. The van der Waals surface area contributed by atoms with Crippen LogP contribution in [0.25, 0.3) is 21.9 Å². The lowest BCUT2D eigenvalue weighted by molar-refractivity contribution is -0.116.